The highest BCUT2D eigenvalue weighted by Gasteiger charge is 2.24. The van der Waals surface area contributed by atoms with Gasteiger partial charge < -0.3 is 5.32 Å². The summed E-state index contributed by atoms with van der Waals surface area (Å²) < 4.78 is 25.0. The summed E-state index contributed by atoms with van der Waals surface area (Å²) >= 11 is 0. The topological polar surface area (TPSA) is 15.3 Å². The van der Waals surface area contributed by atoms with Crippen LogP contribution in [0.5, 0.6) is 0 Å². The minimum atomic E-state index is -2.37. The molecule has 0 unspecified atom stereocenters. The molecule has 1 aliphatic heterocycles. The molecular formula is C17H24F2N2. The van der Waals surface area contributed by atoms with Crippen LogP contribution in [0.2, 0.25) is 0 Å². The lowest BCUT2D eigenvalue weighted by molar-refractivity contribution is 0.151. The number of piperidine rings is 1. The molecule has 1 saturated heterocycles. The van der Waals surface area contributed by atoms with Crippen molar-refractivity contribution in [2.45, 2.75) is 44.7 Å². The molecule has 3 rings (SSSR count). The lowest BCUT2D eigenvalue weighted by atomic mass is 10.0. The number of benzene rings is 1. The summed E-state index contributed by atoms with van der Waals surface area (Å²) in [5.41, 5.74) is 1.24. The summed E-state index contributed by atoms with van der Waals surface area (Å²) in [6, 6.07) is 7.43. The second kappa shape index (κ2) is 6.84. The van der Waals surface area contributed by atoms with Crippen LogP contribution >= 0.6 is 0 Å². The Hall–Kier alpha value is -1.00. The van der Waals surface area contributed by atoms with Crippen molar-refractivity contribution in [3.05, 3.63) is 35.4 Å². The van der Waals surface area contributed by atoms with Crippen molar-refractivity contribution >= 4 is 0 Å². The van der Waals surface area contributed by atoms with Crippen molar-refractivity contribution in [1.82, 2.24) is 10.2 Å². The van der Waals surface area contributed by atoms with Crippen molar-refractivity contribution in [2.24, 2.45) is 5.92 Å². The first-order valence-electron chi connectivity index (χ1n) is 8.03. The highest BCUT2D eigenvalue weighted by Crippen LogP contribution is 2.28. The molecule has 0 amide bonds. The Bertz CT molecular complexity index is 435. The van der Waals surface area contributed by atoms with Gasteiger partial charge in [0.2, 0.25) is 0 Å². The Morgan fingerprint density at radius 2 is 1.71 bits per heavy atom. The lowest BCUT2D eigenvalue weighted by Gasteiger charge is -2.32. The molecule has 0 spiro atoms. The molecular weight excluding hydrogens is 270 g/mol. The summed E-state index contributed by atoms with van der Waals surface area (Å²) in [7, 11) is 0. The first kappa shape index (κ1) is 14.9. The molecule has 21 heavy (non-hydrogen) atoms. The maximum atomic E-state index is 12.5. The molecule has 0 aromatic heterocycles. The Morgan fingerprint density at radius 3 is 2.29 bits per heavy atom. The fraction of sp³-hybridized carbons (Fsp3) is 0.647. The van der Waals surface area contributed by atoms with Gasteiger partial charge in [-0.05, 0) is 56.8 Å². The molecule has 2 aliphatic rings. The number of alkyl halides is 2. The lowest BCUT2D eigenvalue weighted by Crippen LogP contribution is -2.42. The monoisotopic (exact) mass is 294 g/mol. The van der Waals surface area contributed by atoms with E-state index < -0.39 is 6.43 Å². The van der Waals surface area contributed by atoms with Gasteiger partial charge in [0.15, 0.2) is 0 Å². The molecule has 4 heteroatoms. The average Bonchev–Trinajstić information content (AvgIpc) is 3.31. The molecule has 0 atom stereocenters. The van der Waals surface area contributed by atoms with E-state index in [4.69, 9.17) is 0 Å². The number of hydrogen-bond acceptors (Lipinski definition) is 2. The highest BCUT2D eigenvalue weighted by atomic mass is 19.3. The van der Waals surface area contributed by atoms with Crippen molar-refractivity contribution < 1.29 is 8.78 Å². The molecule has 1 aromatic carbocycles. The molecule has 0 radical (unpaired) electrons. The third-order valence-corrected chi connectivity index (χ3v) is 4.62. The van der Waals surface area contributed by atoms with E-state index in [1.165, 1.54) is 32.2 Å². The van der Waals surface area contributed by atoms with Crippen LogP contribution in [0.15, 0.2) is 24.3 Å². The van der Waals surface area contributed by atoms with E-state index in [9.17, 15) is 8.78 Å². The van der Waals surface area contributed by atoms with Crippen molar-refractivity contribution in [1.29, 1.82) is 0 Å². The predicted molar refractivity (Wildman–Crippen MR) is 80.4 cm³/mol. The third-order valence-electron chi connectivity index (χ3n) is 4.62. The van der Waals surface area contributed by atoms with Crippen molar-refractivity contribution in [2.75, 3.05) is 19.6 Å². The minimum absolute atomic E-state index is 0.113. The van der Waals surface area contributed by atoms with E-state index in [1.54, 1.807) is 12.1 Å². The highest BCUT2D eigenvalue weighted by molar-refractivity contribution is 5.23. The number of hydrogen-bond donors (Lipinski definition) is 1. The van der Waals surface area contributed by atoms with E-state index in [0.29, 0.717) is 6.04 Å². The number of nitrogens with zero attached hydrogens (tertiary/aromatic N) is 1. The first-order valence-corrected chi connectivity index (χ1v) is 8.03. The summed E-state index contributed by atoms with van der Waals surface area (Å²) in [6.07, 6.45) is 2.83. The molecule has 1 aliphatic carbocycles. The van der Waals surface area contributed by atoms with Gasteiger partial charge in [-0.2, -0.15) is 0 Å². The summed E-state index contributed by atoms with van der Waals surface area (Å²) in [4.78, 5) is 2.42. The second-order valence-electron chi connectivity index (χ2n) is 6.44. The van der Waals surface area contributed by atoms with Gasteiger partial charge in [-0.3, -0.25) is 4.90 Å². The second-order valence-corrected chi connectivity index (χ2v) is 6.44. The van der Waals surface area contributed by atoms with Gasteiger partial charge in [0.1, 0.15) is 0 Å². The van der Waals surface area contributed by atoms with Gasteiger partial charge in [0.05, 0.1) is 0 Å². The third kappa shape index (κ3) is 4.48. The van der Waals surface area contributed by atoms with Crippen LogP contribution in [0, 0.1) is 5.92 Å². The molecule has 2 nitrogen and oxygen atoms in total. The number of halogens is 2. The van der Waals surface area contributed by atoms with E-state index in [-0.39, 0.29) is 5.56 Å². The van der Waals surface area contributed by atoms with Crippen LogP contribution < -0.4 is 5.32 Å². The van der Waals surface area contributed by atoms with E-state index in [0.717, 1.165) is 31.1 Å². The quantitative estimate of drug-likeness (QED) is 0.862. The van der Waals surface area contributed by atoms with Crippen LogP contribution in [-0.4, -0.2) is 30.6 Å². The Kier molecular flexibility index (Phi) is 4.86. The van der Waals surface area contributed by atoms with Crippen molar-refractivity contribution in [3.63, 3.8) is 0 Å². The first-order chi connectivity index (χ1) is 10.2. The number of nitrogens with one attached hydrogen (secondary N) is 1. The zero-order valence-corrected chi connectivity index (χ0v) is 12.4. The molecule has 116 valence electrons. The van der Waals surface area contributed by atoms with E-state index in [1.807, 2.05) is 12.1 Å². The normalized spacial score (nSPS) is 21.1. The standard InChI is InChI=1S/C17H24F2N2/c18-17(19)15-5-3-14(4-6-15)12-21-9-7-16(8-10-21)20-11-13-1-2-13/h3-6,13,16-17,20H,1-2,7-12H2. The van der Waals surface area contributed by atoms with Gasteiger partial charge >= 0.3 is 0 Å². The van der Waals surface area contributed by atoms with Crippen LogP contribution in [0.1, 0.15) is 43.2 Å². The van der Waals surface area contributed by atoms with Crippen molar-refractivity contribution in [3.8, 4) is 0 Å². The smallest absolute Gasteiger partial charge is 0.263 e. The molecule has 1 aromatic rings. The molecule has 2 fully saturated rings. The summed E-state index contributed by atoms with van der Waals surface area (Å²) in [5, 5.41) is 3.68. The maximum absolute atomic E-state index is 12.5. The fourth-order valence-electron chi connectivity index (χ4n) is 2.98. The van der Waals surface area contributed by atoms with Gasteiger partial charge in [-0.1, -0.05) is 24.3 Å². The SMILES string of the molecule is FC(F)c1ccc(CN2CCC(NCC3CC3)CC2)cc1. The maximum Gasteiger partial charge on any atom is 0.263 e. The largest absolute Gasteiger partial charge is 0.314 e. The Morgan fingerprint density at radius 1 is 1.05 bits per heavy atom. The zero-order valence-electron chi connectivity index (χ0n) is 12.4. The number of rotatable bonds is 6. The molecule has 1 N–H and O–H groups in total. The Balaban J connectivity index is 1.41. The van der Waals surface area contributed by atoms with Gasteiger partial charge in [0, 0.05) is 18.2 Å². The Labute approximate surface area is 125 Å². The van der Waals surface area contributed by atoms with Crippen LogP contribution in [-0.2, 0) is 6.54 Å². The van der Waals surface area contributed by atoms with Gasteiger partial charge in [0.25, 0.3) is 6.43 Å². The summed E-state index contributed by atoms with van der Waals surface area (Å²) in [5.74, 6) is 0.941. The van der Waals surface area contributed by atoms with Crippen LogP contribution in [0.3, 0.4) is 0 Å². The average molecular weight is 294 g/mol. The fourth-order valence-corrected chi connectivity index (χ4v) is 2.98. The zero-order chi connectivity index (χ0) is 14.7. The minimum Gasteiger partial charge on any atom is -0.314 e. The van der Waals surface area contributed by atoms with Gasteiger partial charge in [-0.25, -0.2) is 8.78 Å². The summed E-state index contributed by atoms with van der Waals surface area (Å²) in [6.45, 7) is 4.26. The molecule has 1 heterocycles. The van der Waals surface area contributed by atoms with Gasteiger partial charge in [-0.15, -0.1) is 0 Å². The van der Waals surface area contributed by atoms with Crippen LogP contribution in [0.25, 0.3) is 0 Å². The molecule has 1 saturated carbocycles. The van der Waals surface area contributed by atoms with E-state index >= 15 is 0 Å². The molecule has 0 bridgehead atoms. The van der Waals surface area contributed by atoms with E-state index in [2.05, 4.69) is 10.2 Å². The van der Waals surface area contributed by atoms with Crippen LogP contribution in [0.4, 0.5) is 8.78 Å². The number of likely N-dealkylation sites (tertiary alicyclic amines) is 1. The predicted octanol–water partition coefficient (Wildman–Crippen LogP) is 3.59.